The molecule has 2 aliphatic rings. The van der Waals surface area contributed by atoms with Crippen molar-refractivity contribution in [3.63, 3.8) is 0 Å². The second kappa shape index (κ2) is 24.0. The van der Waals surface area contributed by atoms with E-state index in [1.54, 1.807) is 0 Å². The molecule has 3 atom stereocenters. The number of aliphatic hydroxyl groups excluding tert-OH is 2. The van der Waals surface area contributed by atoms with Gasteiger partial charge in [0.25, 0.3) is 0 Å². The Morgan fingerprint density at radius 1 is 0.667 bits per heavy atom. The van der Waals surface area contributed by atoms with Crippen LogP contribution in [-0.2, 0) is 0 Å². The van der Waals surface area contributed by atoms with Crippen molar-refractivity contribution >= 4 is 0 Å². The molecule has 2 fully saturated rings. The van der Waals surface area contributed by atoms with E-state index >= 15 is 0 Å². The summed E-state index contributed by atoms with van der Waals surface area (Å²) in [4.78, 5) is 6.99. The molecule has 42 heavy (non-hydrogen) atoms. The van der Waals surface area contributed by atoms with Crippen LogP contribution in [-0.4, -0.2) is 113 Å². The Balaban J connectivity index is 1.73. The van der Waals surface area contributed by atoms with E-state index in [0.717, 1.165) is 84.5 Å². The fraction of sp³-hybridized carbons (Fsp3) is 1.00. The fourth-order valence-corrected chi connectivity index (χ4v) is 6.73. The summed E-state index contributed by atoms with van der Waals surface area (Å²) in [5.74, 6) is 0. The molecule has 0 aromatic rings. The van der Waals surface area contributed by atoms with Gasteiger partial charge in [-0.2, -0.15) is 0 Å². The van der Waals surface area contributed by atoms with Gasteiger partial charge in [0.2, 0.25) is 0 Å². The van der Waals surface area contributed by atoms with Crippen LogP contribution in [0, 0.1) is 0 Å². The van der Waals surface area contributed by atoms with E-state index in [0.29, 0.717) is 19.5 Å². The Morgan fingerprint density at radius 2 is 1.14 bits per heavy atom. The fourth-order valence-electron chi connectivity index (χ4n) is 6.73. The first-order valence-corrected chi connectivity index (χ1v) is 18.5. The molecular formula is C35H72N4O3. The number of hydrogen-bond donors (Lipinski definition) is 4. The Hall–Kier alpha value is -0.280. The van der Waals surface area contributed by atoms with Crippen molar-refractivity contribution in [2.24, 2.45) is 0 Å². The molecule has 4 N–H and O–H groups in total. The van der Waals surface area contributed by atoms with Crippen LogP contribution in [0.1, 0.15) is 142 Å². The molecular weight excluding hydrogens is 524 g/mol. The Bertz CT molecular complexity index is 593. The van der Waals surface area contributed by atoms with Gasteiger partial charge < -0.3 is 20.6 Å². The quantitative estimate of drug-likeness (QED) is 0.0855. The van der Waals surface area contributed by atoms with Crippen LogP contribution in [0.4, 0.5) is 0 Å². The maximum Gasteiger partial charge on any atom is 0.121 e. The van der Waals surface area contributed by atoms with Gasteiger partial charge >= 0.3 is 0 Å². The van der Waals surface area contributed by atoms with Crippen molar-refractivity contribution < 1.29 is 15.3 Å². The smallest absolute Gasteiger partial charge is 0.121 e. The molecule has 7 nitrogen and oxygen atoms in total. The summed E-state index contributed by atoms with van der Waals surface area (Å²) in [6.07, 6.45) is 22.9. The van der Waals surface area contributed by atoms with E-state index in [1.807, 2.05) is 0 Å². The van der Waals surface area contributed by atoms with Crippen LogP contribution in [0.2, 0.25) is 0 Å². The molecule has 250 valence electrons. The summed E-state index contributed by atoms with van der Waals surface area (Å²) < 4.78 is 0. The highest BCUT2D eigenvalue weighted by Crippen LogP contribution is 2.31. The summed E-state index contributed by atoms with van der Waals surface area (Å²) in [5.41, 5.74) is -0.738. The van der Waals surface area contributed by atoms with Crippen LogP contribution in [0.3, 0.4) is 0 Å². The number of nitrogens with one attached hydrogen (secondary N) is 1. The first-order valence-electron chi connectivity index (χ1n) is 18.5. The summed E-state index contributed by atoms with van der Waals surface area (Å²) >= 11 is 0. The van der Waals surface area contributed by atoms with Crippen LogP contribution < -0.4 is 5.32 Å². The Labute approximate surface area is 260 Å². The Kier molecular flexibility index (Phi) is 21.7. The summed E-state index contributed by atoms with van der Waals surface area (Å²) in [7, 11) is 0. The lowest BCUT2D eigenvalue weighted by atomic mass is 9.93. The van der Waals surface area contributed by atoms with Crippen molar-refractivity contribution in [2.75, 3.05) is 65.4 Å². The van der Waals surface area contributed by atoms with Crippen molar-refractivity contribution in [2.45, 2.75) is 160 Å². The van der Waals surface area contributed by atoms with Crippen LogP contribution in [0.5, 0.6) is 0 Å². The number of hydrogen-bond acceptors (Lipinski definition) is 7. The lowest BCUT2D eigenvalue weighted by Crippen LogP contribution is -2.62. The predicted molar refractivity (Wildman–Crippen MR) is 178 cm³/mol. The largest absolute Gasteiger partial charge is 0.392 e. The third-order valence-electron chi connectivity index (χ3n) is 9.81. The highest BCUT2D eigenvalue weighted by molar-refractivity contribution is 4.91. The van der Waals surface area contributed by atoms with E-state index in [4.69, 9.17) is 0 Å². The summed E-state index contributed by atoms with van der Waals surface area (Å²) in [6.45, 7) is 13.6. The molecule has 2 aliphatic heterocycles. The predicted octanol–water partition coefficient (Wildman–Crippen LogP) is 5.76. The Morgan fingerprint density at radius 3 is 1.60 bits per heavy atom. The zero-order valence-corrected chi connectivity index (χ0v) is 28.1. The molecule has 0 radical (unpaired) electrons. The molecule has 2 rings (SSSR count). The van der Waals surface area contributed by atoms with Crippen LogP contribution >= 0.6 is 0 Å². The maximum absolute atomic E-state index is 11.4. The van der Waals surface area contributed by atoms with E-state index < -0.39 is 5.72 Å². The normalized spacial score (nSPS) is 21.6. The minimum absolute atomic E-state index is 0.361. The van der Waals surface area contributed by atoms with Crippen LogP contribution in [0.15, 0.2) is 0 Å². The lowest BCUT2D eigenvalue weighted by Gasteiger charge is -2.50. The first kappa shape index (κ1) is 37.9. The van der Waals surface area contributed by atoms with Crippen molar-refractivity contribution in [3.05, 3.63) is 0 Å². The monoisotopic (exact) mass is 597 g/mol. The number of aliphatic hydroxyl groups is 3. The standard InChI is InChI=1S/C35H72N4O3/c1-3-5-7-9-11-13-15-17-19-33(40)31-38(32-34(41)20-18-16-14-12-10-8-6-4-2)25-21-35(42)22-26-39(35)30-29-37-27-23-36-24-28-37/h33-34,36,40-42H,3-32H2,1-2H3. The van der Waals surface area contributed by atoms with Gasteiger partial charge in [-0.3, -0.25) is 14.7 Å². The maximum atomic E-state index is 11.4. The third kappa shape index (κ3) is 17.3. The third-order valence-corrected chi connectivity index (χ3v) is 9.81. The second-order valence-electron chi connectivity index (χ2n) is 13.7. The SMILES string of the molecule is CCCCCCCCCCC(O)CN(CCC1(O)CCN1CCN1CCNCC1)CC(O)CCCCCCCCCC. The molecule has 0 saturated carbocycles. The van der Waals surface area contributed by atoms with Gasteiger partial charge in [0.15, 0.2) is 0 Å². The molecule has 0 aliphatic carbocycles. The molecule has 3 unspecified atom stereocenters. The van der Waals surface area contributed by atoms with Crippen molar-refractivity contribution in [1.82, 2.24) is 20.0 Å². The van der Waals surface area contributed by atoms with Gasteiger partial charge in [0, 0.05) is 78.3 Å². The highest BCUT2D eigenvalue weighted by Gasteiger charge is 2.42. The summed E-state index contributed by atoms with van der Waals surface area (Å²) in [5, 5.41) is 36.7. The zero-order valence-electron chi connectivity index (χ0n) is 28.1. The van der Waals surface area contributed by atoms with E-state index in [9.17, 15) is 15.3 Å². The van der Waals surface area contributed by atoms with Gasteiger partial charge in [-0.1, -0.05) is 117 Å². The number of rotatable bonds is 28. The average Bonchev–Trinajstić information content (AvgIpc) is 2.98. The van der Waals surface area contributed by atoms with Crippen LogP contribution in [0.25, 0.3) is 0 Å². The first-order chi connectivity index (χ1) is 20.5. The molecule has 2 saturated heterocycles. The highest BCUT2D eigenvalue weighted by atomic mass is 16.3. The van der Waals surface area contributed by atoms with Gasteiger partial charge in [-0.15, -0.1) is 0 Å². The minimum Gasteiger partial charge on any atom is -0.392 e. The number of likely N-dealkylation sites (tertiary alicyclic amines) is 1. The molecule has 0 amide bonds. The minimum atomic E-state index is -0.738. The van der Waals surface area contributed by atoms with E-state index in [1.165, 1.54) is 89.9 Å². The average molecular weight is 597 g/mol. The second-order valence-corrected chi connectivity index (χ2v) is 13.7. The van der Waals surface area contributed by atoms with Crippen molar-refractivity contribution in [1.29, 1.82) is 0 Å². The number of nitrogens with zero attached hydrogens (tertiary/aromatic N) is 3. The van der Waals surface area contributed by atoms with Gasteiger partial charge in [-0.25, -0.2) is 0 Å². The molecule has 0 aromatic heterocycles. The molecule has 0 bridgehead atoms. The number of unbranched alkanes of at least 4 members (excludes halogenated alkanes) is 14. The molecule has 0 spiro atoms. The lowest BCUT2D eigenvalue weighted by molar-refractivity contribution is -0.189. The summed E-state index contributed by atoms with van der Waals surface area (Å²) in [6, 6.07) is 0. The molecule has 7 heteroatoms. The molecule has 2 heterocycles. The van der Waals surface area contributed by atoms with E-state index in [2.05, 4.69) is 33.9 Å². The van der Waals surface area contributed by atoms with Crippen molar-refractivity contribution in [3.8, 4) is 0 Å². The topological polar surface area (TPSA) is 82.4 Å². The zero-order chi connectivity index (χ0) is 30.3. The number of piperazine rings is 1. The van der Waals surface area contributed by atoms with Gasteiger partial charge in [-0.05, 0) is 12.8 Å². The van der Waals surface area contributed by atoms with Gasteiger partial charge in [0.05, 0.1) is 12.2 Å². The van der Waals surface area contributed by atoms with Gasteiger partial charge in [0.1, 0.15) is 5.72 Å². The molecule has 0 aromatic carbocycles. The van der Waals surface area contributed by atoms with E-state index in [-0.39, 0.29) is 12.2 Å².